The van der Waals surface area contributed by atoms with Crippen molar-refractivity contribution in [1.29, 1.82) is 0 Å². The van der Waals surface area contributed by atoms with Gasteiger partial charge in [-0.3, -0.25) is 14.9 Å². The molecule has 3 rings (SSSR count). The van der Waals surface area contributed by atoms with Crippen LogP contribution in [0, 0.1) is 24.0 Å². The summed E-state index contributed by atoms with van der Waals surface area (Å²) in [6.07, 6.45) is 1.57. The van der Waals surface area contributed by atoms with Gasteiger partial charge in [-0.1, -0.05) is 11.6 Å². The molecule has 0 aliphatic carbocycles. The number of ether oxygens (including phenoxy) is 1. The zero-order valence-corrected chi connectivity index (χ0v) is 16.9. The fourth-order valence-corrected chi connectivity index (χ4v) is 3.13. The van der Waals surface area contributed by atoms with Crippen LogP contribution >= 0.6 is 11.6 Å². The van der Waals surface area contributed by atoms with Crippen molar-refractivity contribution < 1.29 is 23.7 Å². The first-order chi connectivity index (χ1) is 14.3. The average Bonchev–Trinajstić information content (AvgIpc) is 3.31. The van der Waals surface area contributed by atoms with Gasteiger partial charge < -0.3 is 19.0 Å². The standard InChI is InChI=1S/C20H18ClN3O6/c1-12-8-16(13(2)23(12)10-15-4-3-7-29-15)20(26)30-11-19(25)22-17-6-5-14(21)9-18(17)24(27)28/h3-9H,10-11H2,1-2H3,(H,22,25). The van der Waals surface area contributed by atoms with E-state index in [0.29, 0.717) is 17.8 Å². The summed E-state index contributed by atoms with van der Waals surface area (Å²) in [6, 6.07) is 9.12. The van der Waals surface area contributed by atoms with Crippen molar-refractivity contribution in [3.63, 3.8) is 0 Å². The number of amides is 1. The topological polar surface area (TPSA) is 117 Å². The predicted molar refractivity (Wildman–Crippen MR) is 109 cm³/mol. The van der Waals surface area contributed by atoms with Gasteiger partial charge in [0.2, 0.25) is 0 Å². The molecule has 3 aromatic rings. The Hall–Kier alpha value is -3.59. The number of nitro benzene ring substituents is 1. The maximum atomic E-state index is 12.4. The molecule has 0 atom stereocenters. The summed E-state index contributed by atoms with van der Waals surface area (Å²) in [5, 5.41) is 13.6. The van der Waals surface area contributed by atoms with Crippen LogP contribution in [-0.2, 0) is 16.1 Å². The highest BCUT2D eigenvalue weighted by molar-refractivity contribution is 6.31. The molecule has 0 unspecified atom stereocenters. The van der Waals surface area contributed by atoms with Crippen LogP contribution in [0.2, 0.25) is 5.02 Å². The molecule has 0 aliphatic heterocycles. The van der Waals surface area contributed by atoms with Gasteiger partial charge in [0.15, 0.2) is 6.61 Å². The first kappa shape index (κ1) is 21.1. The summed E-state index contributed by atoms with van der Waals surface area (Å²) in [7, 11) is 0. The lowest BCUT2D eigenvalue weighted by Gasteiger charge is -2.09. The number of aromatic nitrogens is 1. The Morgan fingerprint density at radius 1 is 1.27 bits per heavy atom. The lowest BCUT2D eigenvalue weighted by molar-refractivity contribution is -0.383. The number of anilines is 1. The van der Waals surface area contributed by atoms with Gasteiger partial charge in [0, 0.05) is 22.5 Å². The Labute approximate surface area is 176 Å². The molecule has 0 fully saturated rings. The normalized spacial score (nSPS) is 10.6. The number of aryl methyl sites for hydroxylation is 1. The summed E-state index contributed by atoms with van der Waals surface area (Å²) >= 11 is 5.75. The number of hydrogen-bond acceptors (Lipinski definition) is 6. The minimum absolute atomic E-state index is 0.0397. The predicted octanol–water partition coefficient (Wildman–Crippen LogP) is 4.10. The van der Waals surface area contributed by atoms with Gasteiger partial charge in [-0.25, -0.2) is 4.79 Å². The molecule has 0 radical (unpaired) electrons. The van der Waals surface area contributed by atoms with E-state index in [1.165, 1.54) is 12.1 Å². The third-order valence-electron chi connectivity index (χ3n) is 4.45. The van der Waals surface area contributed by atoms with Crippen LogP contribution < -0.4 is 5.32 Å². The van der Waals surface area contributed by atoms with Crippen LogP contribution in [-0.4, -0.2) is 28.0 Å². The second kappa shape index (κ2) is 8.83. The maximum absolute atomic E-state index is 12.4. The Balaban J connectivity index is 1.65. The number of esters is 1. The lowest BCUT2D eigenvalue weighted by Crippen LogP contribution is -2.21. The number of benzene rings is 1. The molecule has 2 heterocycles. The smallest absolute Gasteiger partial charge is 0.340 e. The van der Waals surface area contributed by atoms with E-state index in [9.17, 15) is 19.7 Å². The number of carbonyl (C=O) groups excluding carboxylic acids is 2. The second-order valence-electron chi connectivity index (χ2n) is 6.49. The van der Waals surface area contributed by atoms with Gasteiger partial charge in [0.1, 0.15) is 11.4 Å². The highest BCUT2D eigenvalue weighted by Gasteiger charge is 2.20. The molecule has 0 spiro atoms. The first-order valence-corrected chi connectivity index (χ1v) is 9.24. The first-order valence-electron chi connectivity index (χ1n) is 8.86. The third-order valence-corrected chi connectivity index (χ3v) is 4.69. The number of rotatable bonds is 7. The number of nitrogens with zero attached hydrogens (tertiary/aromatic N) is 2. The highest BCUT2D eigenvalue weighted by atomic mass is 35.5. The molecule has 0 bridgehead atoms. The molecule has 9 nitrogen and oxygen atoms in total. The van der Waals surface area contributed by atoms with E-state index in [4.69, 9.17) is 20.8 Å². The summed E-state index contributed by atoms with van der Waals surface area (Å²) in [4.78, 5) is 35.0. The zero-order valence-electron chi connectivity index (χ0n) is 16.2. The third kappa shape index (κ3) is 4.69. The molecule has 1 N–H and O–H groups in total. The van der Waals surface area contributed by atoms with Gasteiger partial charge in [-0.15, -0.1) is 0 Å². The SMILES string of the molecule is Cc1cc(C(=O)OCC(=O)Nc2ccc(Cl)cc2[N+](=O)[O-])c(C)n1Cc1ccco1. The number of nitro groups is 1. The molecule has 1 aromatic carbocycles. The Bertz CT molecular complexity index is 1100. The minimum atomic E-state index is -0.710. The number of carbonyl (C=O) groups is 2. The van der Waals surface area contributed by atoms with E-state index in [0.717, 1.165) is 17.5 Å². The molecule has 0 aliphatic rings. The minimum Gasteiger partial charge on any atom is -0.467 e. The van der Waals surface area contributed by atoms with Crippen molar-refractivity contribution in [3.05, 3.63) is 80.5 Å². The molecule has 30 heavy (non-hydrogen) atoms. The van der Waals surface area contributed by atoms with E-state index in [2.05, 4.69) is 5.32 Å². The molecule has 0 saturated heterocycles. The second-order valence-corrected chi connectivity index (χ2v) is 6.93. The molecule has 10 heteroatoms. The Morgan fingerprint density at radius 2 is 2.03 bits per heavy atom. The monoisotopic (exact) mass is 431 g/mol. The van der Waals surface area contributed by atoms with Crippen molar-refractivity contribution in [2.45, 2.75) is 20.4 Å². The number of furan rings is 1. The summed E-state index contributed by atoms with van der Waals surface area (Å²) in [5.41, 5.74) is 1.43. The largest absolute Gasteiger partial charge is 0.467 e. The average molecular weight is 432 g/mol. The van der Waals surface area contributed by atoms with E-state index in [1.807, 2.05) is 17.6 Å². The van der Waals surface area contributed by atoms with Crippen LogP contribution in [0.3, 0.4) is 0 Å². The number of nitrogens with one attached hydrogen (secondary N) is 1. The van der Waals surface area contributed by atoms with Gasteiger partial charge in [-0.2, -0.15) is 0 Å². The van der Waals surface area contributed by atoms with E-state index in [1.54, 1.807) is 25.3 Å². The molecule has 2 aromatic heterocycles. The van der Waals surface area contributed by atoms with Crippen molar-refractivity contribution in [3.8, 4) is 0 Å². The Kier molecular flexibility index (Phi) is 6.22. The molecule has 156 valence electrons. The van der Waals surface area contributed by atoms with Crippen LogP contribution in [0.4, 0.5) is 11.4 Å². The van der Waals surface area contributed by atoms with Crippen molar-refractivity contribution in [2.24, 2.45) is 0 Å². The summed E-state index contributed by atoms with van der Waals surface area (Å²) in [5.74, 6) is -0.645. The molecular weight excluding hydrogens is 414 g/mol. The lowest BCUT2D eigenvalue weighted by atomic mass is 10.2. The van der Waals surface area contributed by atoms with Gasteiger partial charge in [-0.05, 0) is 44.2 Å². The van der Waals surface area contributed by atoms with Crippen LogP contribution in [0.15, 0.2) is 47.1 Å². The molecular formula is C20H18ClN3O6. The summed E-state index contributed by atoms with van der Waals surface area (Å²) < 4.78 is 12.3. The summed E-state index contributed by atoms with van der Waals surface area (Å²) in [6.45, 7) is 3.47. The maximum Gasteiger partial charge on any atom is 0.340 e. The number of hydrogen-bond donors (Lipinski definition) is 1. The van der Waals surface area contributed by atoms with Gasteiger partial charge in [0.05, 0.1) is 23.3 Å². The Morgan fingerprint density at radius 3 is 2.70 bits per heavy atom. The van der Waals surface area contributed by atoms with Gasteiger partial charge >= 0.3 is 5.97 Å². The fraction of sp³-hybridized carbons (Fsp3) is 0.200. The van der Waals surface area contributed by atoms with E-state index in [-0.39, 0.29) is 16.4 Å². The van der Waals surface area contributed by atoms with Crippen molar-refractivity contribution >= 4 is 34.9 Å². The quantitative estimate of drug-likeness (QED) is 0.342. The van der Waals surface area contributed by atoms with Crippen LogP contribution in [0.1, 0.15) is 27.5 Å². The fourth-order valence-electron chi connectivity index (χ4n) is 2.97. The van der Waals surface area contributed by atoms with Crippen LogP contribution in [0.25, 0.3) is 0 Å². The van der Waals surface area contributed by atoms with E-state index < -0.39 is 23.4 Å². The number of halogens is 1. The van der Waals surface area contributed by atoms with Crippen LogP contribution in [0.5, 0.6) is 0 Å². The van der Waals surface area contributed by atoms with Crippen molar-refractivity contribution in [1.82, 2.24) is 4.57 Å². The van der Waals surface area contributed by atoms with E-state index >= 15 is 0 Å². The zero-order chi connectivity index (χ0) is 21.8. The highest BCUT2D eigenvalue weighted by Crippen LogP contribution is 2.27. The molecule has 0 saturated carbocycles. The van der Waals surface area contributed by atoms with Gasteiger partial charge in [0.25, 0.3) is 11.6 Å². The van der Waals surface area contributed by atoms with Crippen molar-refractivity contribution in [2.75, 3.05) is 11.9 Å². The molecule has 1 amide bonds.